The lowest BCUT2D eigenvalue weighted by molar-refractivity contribution is -0.122. The number of rotatable bonds is 5. The van der Waals surface area contributed by atoms with E-state index < -0.39 is 11.9 Å². The van der Waals surface area contributed by atoms with Crippen LogP contribution in [0, 0.1) is 0 Å². The van der Waals surface area contributed by atoms with Gasteiger partial charge in [-0.25, -0.2) is 0 Å². The molecule has 7 nitrogen and oxygen atoms in total. The fraction of sp³-hybridized carbons (Fsp3) is 0.348. The summed E-state index contributed by atoms with van der Waals surface area (Å²) in [6.45, 7) is 5.81. The number of piperazine rings is 1. The number of amides is 2. The van der Waals surface area contributed by atoms with Crippen LogP contribution in [0.2, 0.25) is 0 Å². The lowest BCUT2D eigenvalue weighted by Gasteiger charge is -2.36. The van der Waals surface area contributed by atoms with E-state index in [2.05, 4.69) is 38.4 Å². The summed E-state index contributed by atoms with van der Waals surface area (Å²) in [4.78, 5) is 31.0. The highest BCUT2D eigenvalue weighted by Crippen LogP contribution is 2.32. The van der Waals surface area contributed by atoms with E-state index in [-0.39, 0.29) is 5.91 Å². The van der Waals surface area contributed by atoms with Crippen LogP contribution in [0.3, 0.4) is 0 Å². The maximum Gasteiger partial charge on any atom is 0.255 e. The Labute approximate surface area is 185 Å². The number of hydrogen-bond donors (Lipinski definition) is 1. The van der Waals surface area contributed by atoms with Crippen molar-refractivity contribution in [1.82, 2.24) is 9.27 Å². The average molecular weight is 436 g/mol. The monoisotopic (exact) mass is 435 g/mol. The van der Waals surface area contributed by atoms with Crippen molar-refractivity contribution in [2.24, 2.45) is 5.73 Å². The molecular weight excluding hydrogens is 410 g/mol. The van der Waals surface area contributed by atoms with Crippen molar-refractivity contribution in [2.45, 2.75) is 25.9 Å². The van der Waals surface area contributed by atoms with Crippen LogP contribution in [0.25, 0.3) is 10.1 Å². The van der Waals surface area contributed by atoms with Gasteiger partial charge in [-0.2, -0.15) is 4.37 Å². The van der Waals surface area contributed by atoms with Gasteiger partial charge in [-0.3, -0.25) is 9.59 Å². The topological polar surface area (TPSA) is 82.8 Å². The normalized spacial score (nSPS) is 17.3. The molecule has 1 unspecified atom stereocenters. The van der Waals surface area contributed by atoms with Crippen molar-refractivity contribution in [2.75, 3.05) is 36.0 Å². The fourth-order valence-corrected chi connectivity index (χ4v) is 5.41. The second-order valence-corrected chi connectivity index (χ2v) is 8.88. The summed E-state index contributed by atoms with van der Waals surface area (Å²) in [5, 5.41) is 1.21. The van der Waals surface area contributed by atoms with Crippen LogP contribution >= 0.6 is 11.5 Å². The first-order chi connectivity index (χ1) is 15.1. The quantitative estimate of drug-likeness (QED) is 0.666. The molecule has 2 aliphatic rings. The Kier molecular flexibility index (Phi) is 5.02. The summed E-state index contributed by atoms with van der Waals surface area (Å²) in [7, 11) is 0. The van der Waals surface area contributed by atoms with Gasteiger partial charge in [-0.1, -0.05) is 25.1 Å². The number of nitrogens with zero attached hydrogens (tertiary/aromatic N) is 4. The molecule has 3 heterocycles. The predicted molar refractivity (Wildman–Crippen MR) is 124 cm³/mol. The second kappa shape index (κ2) is 7.85. The molecule has 1 aromatic heterocycles. The number of carbonyl (C=O) groups excluding carboxylic acids is 2. The van der Waals surface area contributed by atoms with Crippen LogP contribution in [-0.2, 0) is 11.3 Å². The number of benzene rings is 2. The Balaban J connectivity index is 1.31. The van der Waals surface area contributed by atoms with Crippen molar-refractivity contribution in [3.8, 4) is 0 Å². The van der Waals surface area contributed by atoms with Gasteiger partial charge in [0.1, 0.15) is 11.9 Å². The number of hydrogen-bond acceptors (Lipinski definition) is 6. The minimum absolute atomic E-state index is 0.102. The smallest absolute Gasteiger partial charge is 0.255 e. The summed E-state index contributed by atoms with van der Waals surface area (Å²) in [5.74, 6) is 0.515. The minimum atomic E-state index is -0.556. The Morgan fingerprint density at radius 1 is 1.13 bits per heavy atom. The standard InChI is InChI=1S/C23H25N5O2S/c1-2-19(21(24)29)28-14-15-7-8-16(13-18(15)23(28)30)26-9-11-27(12-10-26)22-17-5-3-4-6-20(17)31-25-22/h3-8,13,19H,2,9-12,14H2,1H3,(H2,24,29). The second-order valence-electron chi connectivity index (χ2n) is 8.08. The molecule has 2 amide bonds. The zero-order chi connectivity index (χ0) is 21.5. The zero-order valence-electron chi connectivity index (χ0n) is 17.5. The van der Waals surface area contributed by atoms with E-state index in [1.807, 2.05) is 25.1 Å². The maximum absolute atomic E-state index is 13.0. The summed E-state index contributed by atoms with van der Waals surface area (Å²) < 4.78 is 5.89. The van der Waals surface area contributed by atoms with Gasteiger partial charge in [0.2, 0.25) is 5.91 Å². The van der Waals surface area contributed by atoms with Crippen molar-refractivity contribution in [1.29, 1.82) is 0 Å². The van der Waals surface area contributed by atoms with Crippen molar-refractivity contribution in [3.63, 3.8) is 0 Å². The minimum Gasteiger partial charge on any atom is -0.368 e. The molecule has 160 valence electrons. The fourth-order valence-electron chi connectivity index (χ4n) is 4.61. The van der Waals surface area contributed by atoms with E-state index in [9.17, 15) is 9.59 Å². The van der Waals surface area contributed by atoms with E-state index in [4.69, 9.17) is 5.73 Å². The number of nitrogens with two attached hydrogens (primary N) is 1. The van der Waals surface area contributed by atoms with Crippen LogP contribution in [0.1, 0.15) is 29.3 Å². The van der Waals surface area contributed by atoms with Gasteiger partial charge in [-0.05, 0) is 47.8 Å². The van der Waals surface area contributed by atoms with Crippen molar-refractivity contribution >= 4 is 44.9 Å². The average Bonchev–Trinajstić information content (AvgIpc) is 3.36. The van der Waals surface area contributed by atoms with Gasteiger partial charge in [0.25, 0.3) is 5.91 Å². The van der Waals surface area contributed by atoms with Crippen LogP contribution in [0.5, 0.6) is 0 Å². The van der Waals surface area contributed by atoms with Gasteiger partial charge in [0, 0.05) is 49.4 Å². The molecule has 0 bridgehead atoms. The van der Waals surface area contributed by atoms with Crippen LogP contribution < -0.4 is 15.5 Å². The predicted octanol–water partition coefficient (Wildman–Crippen LogP) is 2.84. The molecule has 1 fully saturated rings. The van der Waals surface area contributed by atoms with E-state index in [1.54, 1.807) is 16.4 Å². The molecule has 2 N–H and O–H groups in total. The largest absolute Gasteiger partial charge is 0.368 e. The van der Waals surface area contributed by atoms with Gasteiger partial charge in [0.05, 0.1) is 4.70 Å². The molecule has 0 spiro atoms. The van der Waals surface area contributed by atoms with E-state index >= 15 is 0 Å². The number of fused-ring (bicyclic) bond motifs is 2. The Hall–Kier alpha value is -3.13. The SMILES string of the molecule is CCC(C(N)=O)N1Cc2ccc(N3CCN(c4nsc5ccccc45)CC3)cc2C1=O. The summed E-state index contributed by atoms with van der Waals surface area (Å²) in [6.07, 6.45) is 0.523. The first-order valence-electron chi connectivity index (χ1n) is 10.6. The first-order valence-corrected chi connectivity index (χ1v) is 11.4. The number of carbonyl (C=O) groups is 2. The molecule has 0 saturated carbocycles. The van der Waals surface area contributed by atoms with Gasteiger partial charge in [0.15, 0.2) is 0 Å². The highest BCUT2D eigenvalue weighted by atomic mass is 32.1. The zero-order valence-corrected chi connectivity index (χ0v) is 18.3. The molecule has 0 radical (unpaired) electrons. The molecule has 31 heavy (non-hydrogen) atoms. The van der Waals surface area contributed by atoms with E-state index in [0.717, 1.165) is 43.2 Å². The number of anilines is 2. The Morgan fingerprint density at radius 2 is 1.87 bits per heavy atom. The van der Waals surface area contributed by atoms with Crippen LogP contribution in [-0.4, -0.2) is 53.3 Å². The Bertz CT molecular complexity index is 1150. The third kappa shape index (κ3) is 3.40. The maximum atomic E-state index is 13.0. The van der Waals surface area contributed by atoms with Gasteiger partial charge < -0.3 is 20.4 Å². The van der Waals surface area contributed by atoms with Gasteiger partial charge >= 0.3 is 0 Å². The molecule has 3 aromatic rings. The highest BCUT2D eigenvalue weighted by Gasteiger charge is 2.35. The van der Waals surface area contributed by atoms with E-state index in [1.165, 1.54) is 10.1 Å². The first kappa shape index (κ1) is 19.8. The van der Waals surface area contributed by atoms with E-state index in [0.29, 0.717) is 18.5 Å². The van der Waals surface area contributed by atoms with Crippen LogP contribution in [0.4, 0.5) is 11.5 Å². The van der Waals surface area contributed by atoms with Crippen molar-refractivity contribution < 1.29 is 9.59 Å². The van der Waals surface area contributed by atoms with Crippen molar-refractivity contribution in [3.05, 3.63) is 53.6 Å². The number of primary amides is 1. The lowest BCUT2D eigenvalue weighted by Crippen LogP contribution is -2.46. The van der Waals surface area contributed by atoms with Gasteiger partial charge in [-0.15, -0.1) is 0 Å². The molecule has 1 atom stereocenters. The summed E-state index contributed by atoms with van der Waals surface area (Å²) >= 11 is 1.54. The molecule has 2 aliphatic heterocycles. The third-order valence-electron chi connectivity index (χ3n) is 6.32. The summed E-state index contributed by atoms with van der Waals surface area (Å²) in [5.41, 5.74) is 8.20. The Morgan fingerprint density at radius 3 is 2.61 bits per heavy atom. The molecular formula is C23H25N5O2S. The molecule has 2 aromatic carbocycles. The molecule has 8 heteroatoms. The lowest BCUT2D eigenvalue weighted by atomic mass is 10.1. The highest BCUT2D eigenvalue weighted by molar-refractivity contribution is 7.13. The number of aromatic nitrogens is 1. The summed E-state index contributed by atoms with van der Waals surface area (Å²) in [6, 6.07) is 13.9. The van der Waals surface area contributed by atoms with Crippen LogP contribution in [0.15, 0.2) is 42.5 Å². The molecule has 1 saturated heterocycles. The molecule has 5 rings (SSSR count). The molecule has 0 aliphatic carbocycles. The third-order valence-corrected chi connectivity index (χ3v) is 7.14.